The van der Waals surface area contributed by atoms with Crippen molar-refractivity contribution in [2.24, 2.45) is 0 Å². The molecule has 6 heteroatoms. The SMILES string of the molecule is CC(C)n1cc(CN(C)CC(=O)N2CCNCC2)cn1. The second-order valence-electron chi connectivity index (χ2n) is 5.73. The second kappa shape index (κ2) is 6.85. The Morgan fingerprint density at radius 1 is 1.45 bits per heavy atom. The maximum atomic E-state index is 12.1. The highest BCUT2D eigenvalue weighted by Crippen LogP contribution is 2.07. The monoisotopic (exact) mass is 279 g/mol. The Balaban J connectivity index is 1.81. The highest BCUT2D eigenvalue weighted by molar-refractivity contribution is 5.78. The molecule has 20 heavy (non-hydrogen) atoms. The number of carbonyl (C=O) groups is 1. The van der Waals surface area contributed by atoms with Gasteiger partial charge in [0, 0.05) is 50.5 Å². The normalized spacial score (nSPS) is 16.1. The first-order valence-corrected chi connectivity index (χ1v) is 7.26. The van der Waals surface area contributed by atoms with Crippen LogP contribution < -0.4 is 5.32 Å². The van der Waals surface area contributed by atoms with Crippen molar-refractivity contribution < 1.29 is 4.79 Å². The minimum absolute atomic E-state index is 0.213. The van der Waals surface area contributed by atoms with Crippen molar-refractivity contribution in [2.45, 2.75) is 26.4 Å². The molecule has 0 bridgehead atoms. The number of amides is 1. The van der Waals surface area contributed by atoms with Crippen LogP contribution in [0.25, 0.3) is 0 Å². The summed E-state index contributed by atoms with van der Waals surface area (Å²) in [6, 6.07) is 0.372. The van der Waals surface area contributed by atoms with E-state index in [4.69, 9.17) is 0 Å². The van der Waals surface area contributed by atoms with E-state index in [1.165, 1.54) is 0 Å². The maximum Gasteiger partial charge on any atom is 0.236 e. The van der Waals surface area contributed by atoms with Gasteiger partial charge in [-0.15, -0.1) is 0 Å². The summed E-state index contributed by atoms with van der Waals surface area (Å²) in [6.07, 6.45) is 3.93. The Labute approximate surface area is 120 Å². The van der Waals surface area contributed by atoms with Gasteiger partial charge in [-0.2, -0.15) is 5.10 Å². The molecule has 1 amide bonds. The number of hydrogen-bond acceptors (Lipinski definition) is 4. The summed E-state index contributed by atoms with van der Waals surface area (Å²) in [6.45, 7) is 8.86. The molecular weight excluding hydrogens is 254 g/mol. The largest absolute Gasteiger partial charge is 0.339 e. The number of likely N-dealkylation sites (N-methyl/N-ethyl adjacent to an activating group) is 1. The molecule has 0 radical (unpaired) electrons. The highest BCUT2D eigenvalue weighted by atomic mass is 16.2. The minimum atomic E-state index is 0.213. The average molecular weight is 279 g/mol. The number of nitrogens with zero attached hydrogens (tertiary/aromatic N) is 4. The van der Waals surface area contributed by atoms with Crippen LogP contribution in [0.1, 0.15) is 25.5 Å². The lowest BCUT2D eigenvalue weighted by Gasteiger charge is -2.29. The first-order valence-electron chi connectivity index (χ1n) is 7.26. The Bertz CT molecular complexity index is 437. The summed E-state index contributed by atoms with van der Waals surface area (Å²) >= 11 is 0. The first kappa shape index (κ1) is 15.0. The minimum Gasteiger partial charge on any atom is -0.339 e. The van der Waals surface area contributed by atoms with Gasteiger partial charge < -0.3 is 10.2 Å². The molecule has 0 saturated carbocycles. The van der Waals surface area contributed by atoms with Crippen LogP contribution in [0.3, 0.4) is 0 Å². The van der Waals surface area contributed by atoms with Crippen molar-refractivity contribution in [1.82, 2.24) is 24.9 Å². The van der Waals surface area contributed by atoms with Crippen LogP contribution >= 0.6 is 0 Å². The van der Waals surface area contributed by atoms with E-state index in [1.54, 1.807) is 0 Å². The zero-order valence-electron chi connectivity index (χ0n) is 12.7. The second-order valence-corrected chi connectivity index (χ2v) is 5.73. The van der Waals surface area contributed by atoms with Crippen molar-refractivity contribution in [2.75, 3.05) is 39.8 Å². The van der Waals surface area contributed by atoms with Crippen molar-refractivity contribution >= 4 is 5.91 Å². The molecule has 0 aliphatic carbocycles. The number of aromatic nitrogens is 2. The van der Waals surface area contributed by atoms with Gasteiger partial charge in [-0.1, -0.05) is 0 Å². The van der Waals surface area contributed by atoms with Crippen molar-refractivity contribution in [3.05, 3.63) is 18.0 Å². The molecule has 1 N–H and O–H groups in total. The fraction of sp³-hybridized carbons (Fsp3) is 0.714. The van der Waals surface area contributed by atoms with Gasteiger partial charge in [0.25, 0.3) is 0 Å². The van der Waals surface area contributed by atoms with Crippen molar-refractivity contribution in [3.63, 3.8) is 0 Å². The van der Waals surface area contributed by atoms with E-state index in [-0.39, 0.29) is 5.91 Å². The molecule has 112 valence electrons. The summed E-state index contributed by atoms with van der Waals surface area (Å²) in [5.74, 6) is 0.213. The third-order valence-corrected chi connectivity index (χ3v) is 3.51. The van der Waals surface area contributed by atoms with Crippen LogP contribution in [0.15, 0.2) is 12.4 Å². The lowest BCUT2D eigenvalue weighted by atomic mass is 10.3. The van der Waals surface area contributed by atoms with Gasteiger partial charge in [-0.25, -0.2) is 0 Å². The van der Waals surface area contributed by atoms with Crippen molar-refractivity contribution in [3.8, 4) is 0 Å². The number of hydrogen-bond donors (Lipinski definition) is 1. The van der Waals surface area contributed by atoms with Crippen LogP contribution in [-0.4, -0.2) is 65.3 Å². The van der Waals surface area contributed by atoms with E-state index >= 15 is 0 Å². The number of rotatable bonds is 5. The summed E-state index contributed by atoms with van der Waals surface area (Å²) in [7, 11) is 1.98. The predicted octanol–water partition coefficient (Wildman–Crippen LogP) is 0.328. The summed E-state index contributed by atoms with van der Waals surface area (Å²) in [5.41, 5.74) is 1.15. The predicted molar refractivity (Wildman–Crippen MR) is 78.4 cm³/mol. The Hall–Kier alpha value is -1.40. The standard InChI is InChI=1S/C14H25N5O/c1-12(2)19-10-13(8-16-19)9-17(3)11-14(20)18-6-4-15-5-7-18/h8,10,12,15H,4-7,9,11H2,1-3H3. The van der Waals surface area contributed by atoms with Crippen LogP contribution in [0.5, 0.6) is 0 Å². The molecule has 6 nitrogen and oxygen atoms in total. The van der Waals surface area contributed by atoms with E-state index in [2.05, 4.69) is 30.5 Å². The fourth-order valence-electron chi connectivity index (χ4n) is 2.35. The molecular formula is C14H25N5O. The molecule has 1 aliphatic heterocycles. The fourth-order valence-corrected chi connectivity index (χ4v) is 2.35. The van der Waals surface area contributed by atoms with Gasteiger partial charge in [0.2, 0.25) is 5.91 Å². The quantitative estimate of drug-likeness (QED) is 0.844. The maximum absolute atomic E-state index is 12.1. The number of nitrogens with one attached hydrogen (secondary N) is 1. The molecule has 2 rings (SSSR count). The van der Waals surface area contributed by atoms with Crippen LogP contribution in [0, 0.1) is 0 Å². The molecule has 0 unspecified atom stereocenters. The van der Waals surface area contributed by atoms with E-state index in [9.17, 15) is 4.79 Å². The van der Waals surface area contributed by atoms with Crippen molar-refractivity contribution in [1.29, 1.82) is 0 Å². The molecule has 2 heterocycles. The lowest BCUT2D eigenvalue weighted by Crippen LogP contribution is -2.49. The van der Waals surface area contributed by atoms with Crippen LogP contribution in [-0.2, 0) is 11.3 Å². The number of piperazine rings is 1. The van der Waals surface area contributed by atoms with Gasteiger partial charge in [0.15, 0.2) is 0 Å². The highest BCUT2D eigenvalue weighted by Gasteiger charge is 2.17. The van der Waals surface area contributed by atoms with Crippen LogP contribution in [0.4, 0.5) is 0 Å². The molecule has 1 saturated heterocycles. The van der Waals surface area contributed by atoms with Crippen LogP contribution in [0.2, 0.25) is 0 Å². The summed E-state index contributed by atoms with van der Waals surface area (Å²) < 4.78 is 1.95. The van der Waals surface area contributed by atoms with E-state index in [1.807, 2.05) is 27.7 Å². The zero-order chi connectivity index (χ0) is 14.5. The van der Waals surface area contributed by atoms with Gasteiger partial charge >= 0.3 is 0 Å². The van der Waals surface area contributed by atoms with E-state index < -0.39 is 0 Å². The molecule has 0 aromatic carbocycles. The van der Waals surface area contributed by atoms with Gasteiger partial charge in [0.05, 0.1) is 12.7 Å². The third kappa shape index (κ3) is 4.05. The molecule has 1 fully saturated rings. The molecule has 1 aromatic heterocycles. The third-order valence-electron chi connectivity index (χ3n) is 3.51. The van der Waals surface area contributed by atoms with Gasteiger partial charge in [0.1, 0.15) is 0 Å². The zero-order valence-corrected chi connectivity index (χ0v) is 12.7. The van der Waals surface area contributed by atoms with Gasteiger partial charge in [-0.3, -0.25) is 14.4 Å². The Morgan fingerprint density at radius 3 is 2.75 bits per heavy atom. The van der Waals surface area contributed by atoms with E-state index in [0.29, 0.717) is 12.6 Å². The Morgan fingerprint density at radius 2 is 2.15 bits per heavy atom. The number of carbonyl (C=O) groups excluding carboxylic acids is 1. The topological polar surface area (TPSA) is 53.4 Å². The smallest absolute Gasteiger partial charge is 0.236 e. The summed E-state index contributed by atoms with van der Waals surface area (Å²) in [5, 5.41) is 7.58. The lowest BCUT2D eigenvalue weighted by molar-refractivity contribution is -0.132. The molecule has 1 aromatic rings. The molecule has 0 atom stereocenters. The molecule has 1 aliphatic rings. The summed E-state index contributed by atoms with van der Waals surface area (Å²) in [4.78, 5) is 16.1. The van der Waals surface area contributed by atoms with E-state index in [0.717, 1.165) is 38.3 Å². The average Bonchev–Trinajstić information content (AvgIpc) is 2.88. The Kier molecular flexibility index (Phi) is 5.14. The molecule has 0 spiro atoms. The first-order chi connectivity index (χ1) is 9.56. The van der Waals surface area contributed by atoms with Gasteiger partial charge in [-0.05, 0) is 20.9 Å².